The number of amides is 1. The molecule has 3 aromatic rings. The third kappa shape index (κ3) is 4.53. The van der Waals surface area contributed by atoms with E-state index in [1.54, 1.807) is 25.1 Å². The van der Waals surface area contributed by atoms with Crippen LogP contribution in [-0.4, -0.2) is 23.1 Å². The number of hydrogen-bond acceptors (Lipinski definition) is 4. The van der Waals surface area contributed by atoms with Crippen molar-refractivity contribution in [2.45, 2.75) is 13.5 Å². The third-order valence-corrected chi connectivity index (χ3v) is 5.73. The lowest BCUT2D eigenvalue weighted by atomic mass is 10.2. The van der Waals surface area contributed by atoms with Crippen LogP contribution in [0.2, 0.25) is 20.1 Å². The summed E-state index contributed by atoms with van der Waals surface area (Å²) in [6, 6.07) is 7.74. The molecular weight excluding hydrogens is 466 g/mol. The van der Waals surface area contributed by atoms with E-state index in [1.165, 1.54) is 28.0 Å². The summed E-state index contributed by atoms with van der Waals surface area (Å²) in [6.45, 7) is 1.78. The Morgan fingerprint density at radius 3 is 2.46 bits per heavy atom. The molecular formula is C18H12Cl4N2O3S. The standard InChI is InChI=1S/C18H12Cl4N2O3S/c1-2-27-15(25)8-24-16-13(22)6-10(20)7-14(16)28-18(24)23-17(26)11-4-3-9(19)5-12(11)21/h3-7H,2,8H2,1H3. The van der Waals surface area contributed by atoms with Crippen molar-refractivity contribution in [1.82, 2.24) is 4.57 Å². The van der Waals surface area contributed by atoms with Gasteiger partial charge in [0.1, 0.15) is 6.54 Å². The minimum Gasteiger partial charge on any atom is -0.465 e. The number of carbonyl (C=O) groups is 2. The van der Waals surface area contributed by atoms with Crippen LogP contribution < -0.4 is 4.80 Å². The van der Waals surface area contributed by atoms with E-state index in [1.807, 2.05) is 0 Å². The average Bonchev–Trinajstić information content (AvgIpc) is 2.91. The van der Waals surface area contributed by atoms with E-state index < -0.39 is 11.9 Å². The van der Waals surface area contributed by atoms with Crippen LogP contribution in [0.15, 0.2) is 35.3 Å². The summed E-state index contributed by atoms with van der Waals surface area (Å²) in [7, 11) is 0. The molecule has 0 atom stereocenters. The van der Waals surface area contributed by atoms with E-state index in [0.717, 1.165) is 0 Å². The molecule has 0 aliphatic heterocycles. The van der Waals surface area contributed by atoms with Gasteiger partial charge >= 0.3 is 5.97 Å². The first-order valence-corrected chi connectivity index (χ1v) is 10.3. The Bertz CT molecular complexity index is 1150. The van der Waals surface area contributed by atoms with Crippen LogP contribution in [0.4, 0.5) is 0 Å². The highest BCUT2D eigenvalue weighted by Gasteiger charge is 2.17. The molecule has 5 nitrogen and oxygen atoms in total. The van der Waals surface area contributed by atoms with Crippen LogP contribution >= 0.6 is 57.7 Å². The molecule has 0 bridgehead atoms. The number of carbonyl (C=O) groups excluding carboxylic acids is 2. The van der Waals surface area contributed by atoms with Gasteiger partial charge in [0, 0.05) is 10.0 Å². The van der Waals surface area contributed by atoms with Crippen molar-refractivity contribution in [2.24, 2.45) is 4.99 Å². The van der Waals surface area contributed by atoms with Gasteiger partial charge in [0.15, 0.2) is 4.80 Å². The number of halogens is 4. The molecule has 0 radical (unpaired) electrons. The predicted molar refractivity (Wildman–Crippen MR) is 113 cm³/mol. The zero-order valence-corrected chi connectivity index (χ0v) is 18.2. The molecule has 2 aromatic carbocycles. The molecule has 10 heteroatoms. The molecule has 0 unspecified atom stereocenters. The Labute approximate surface area is 184 Å². The third-order valence-electron chi connectivity index (χ3n) is 3.65. The number of benzene rings is 2. The quantitative estimate of drug-likeness (QED) is 0.458. The molecule has 0 spiro atoms. The zero-order valence-electron chi connectivity index (χ0n) is 14.3. The van der Waals surface area contributed by atoms with Gasteiger partial charge in [-0.25, -0.2) is 0 Å². The van der Waals surface area contributed by atoms with Gasteiger partial charge in [0.25, 0.3) is 5.91 Å². The smallest absolute Gasteiger partial charge is 0.326 e. The van der Waals surface area contributed by atoms with Crippen molar-refractivity contribution in [1.29, 1.82) is 0 Å². The number of ether oxygens (including phenoxy) is 1. The zero-order chi connectivity index (χ0) is 20.4. The monoisotopic (exact) mass is 476 g/mol. The van der Waals surface area contributed by atoms with E-state index >= 15 is 0 Å². The lowest BCUT2D eigenvalue weighted by Gasteiger charge is -2.06. The molecule has 1 aromatic heterocycles. The average molecular weight is 478 g/mol. The molecule has 0 N–H and O–H groups in total. The number of nitrogens with zero attached hydrogens (tertiary/aromatic N) is 2. The van der Waals surface area contributed by atoms with Gasteiger partial charge in [-0.2, -0.15) is 4.99 Å². The summed E-state index contributed by atoms with van der Waals surface area (Å²) in [5.74, 6) is -1.06. The minimum atomic E-state index is -0.576. The van der Waals surface area contributed by atoms with Crippen LogP contribution in [0.1, 0.15) is 17.3 Å². The second kappa shape index (κ2) is 8.84. The largest absolute Gasteiger partial charge is 0.465 e. The van der Waals surface area contributed by atoms with Crippen molar-refractivity contribution in [2.75, 3.05) is 6.61 Å². The molecule has 146 valence electrons. The Morgan fingerprint density at radius 1 is 1.07 bits per heavy atom. The summed E-state index contributed by atoms with van der Waals surface area (Å²) in [6.07, 6.45) is 0. The summed E-state index contributed by atoms with van der Waals surface area (Å²) in [4.78, 5) is 29.1. The molecule has 0 fully saturated rings. The predicted octanol–water partition coefficient (Wildman–Crippen LogP) is 5.62. The lowest BCUT2D eigenvalue weighted by Crippen LogP contribution is -2.23. The van der Waals surface area contributed by atoms with Crippen molar-refractivity contribution < 1.29 is 14.3 Å². The van der Waals surface area contributed by atoms with Crippen LogP contribution in [0, 0.1) is 0 Å². The molecule has 1 heterocycles. The topological polar surface area (TPSA) is 60.7 Å². The maximum Gasteiger partial charge on any atom is 0.326 e. The van der Waals surface area contributed by atoms with Gasteiger partial charge in [0.05, 0.1) is 32.4 Å². The number of aromatic nitrogens is 1. The second-order valence-corrected chi connectivity index (χ2v) is 8.25. The summed E-state index contributed by atoms with van der Waals surface area (Å²) in [5.41, 5.74) is 0.730. The first kappa shape index (κ1) is 21.1. The Morgan fingerprint density at radius 2 is 1.79 bits per heavy atom. The van der Waals surface area contributed by atoms with Gasteiger partial charge in [-0.1, -0.05) is 57.7 Å². The molecule has 0 saturated carbocycles. The fraction of sp³-hybridized carbons (Fsp3) is 0.167. The van der Waals surface area contributed by atoms with Gasteiger partial charge in [-0.05, 0) is 37.3 Å². The van der Waals surface area contributed by atoms with Gasteiger partial charge < -0.3 is 9.30 Å². The van der Waals surface area contributed by atoms with Crippen LogP contribution in [0.3, 0.4) is 0 Å². The fourth-order valence-electron chi connectivity index (χ4n) is 2.51. The van der Waals surface area contributed by atoms with Crippen molar-refractivity contribution in [3.8, 4) is 0 Å². The van der Waals surface area contributed by atoms with Crippen LogP contribution in [-0.2, 0) is 16.1 Å². The SMILES string of the molecule is CCOC(=O)Cn1c(=NC(=O)c2ccc(Cl)cc2Cl)sc2cc(Cl)cc(Cl)c21. The molecule has 28 heavy (non-hydrogen) atoms. The number of esters is 1. The van der Waals surface area contributed by atoms with E-state index in [-0.39, 0.29) is 28.5 Å². The molecule has 1 amide bonds. The first-order chi connectivity index (χ1) is 13.3. The van der Waals surface area contributed by atoms with E-state index in [4.69, 9.17) is 51.1 Å². The van der Waals surface area contributed by atoms with E-state index in [9.17, 15) is 9.59 Å². The highest BCUT2D eigenvalue weighted by atomic mass is 35.5. The first-order valence-electron chi connectivity index (χ1n) is 7.98. The molecule has 0 saturated heterocycles. The number of fused-ring (bicyclic) bond motifs is 1. The number of thiazole rings is 1. The summed E-state index contributed by atoms with van der Waals surface area (Å²) in [5, 5.41) is 1.35. The maximum absolute atomic E-state index is 12.7. The number of hydrogen-bond donors (Lipinski definition) is 0. The van der Waals surface area contributed by atoms with E-state index in [0.29, 0.717) is 25.3 Å². The van der Waals surface area contributed by atoms with Crippen molar-refractivity contribution in [3.05, 3.63) is 60.8 Å². The van der Waals surface area contributed by atoms with Crippen molar-refractivity contribution >= 4 is 79.8 Å². The van der Waals surface area contributed by atoms with Gasteiger partial charge in [-0.3, -0.25) is 9.59 Å². The normalized spacial score (nSPS) is 11.8. The maximum atomic E-state index is 12.7. The summed E-state index contributed by atoms with van der Waals surface area (Å²) >= 11 is 25.5. The Kier molecular flexibility index (Phi) is 6.68. The number of rotatable bonds is 4. The van der Waals surface area contributed by atoms with Crippen LogP contribution in [0.5, 0.6) is 0 Å². The highest BCUT2D eigenvalue weighted by Crippen LogP contribution is 2.30. The van der Waals surface area contributed by atoms with Crippen molar-refractivity contribution in [3.63, 3.8) is 0 Å². The van der Waals surface area contributed by atoms with E-state index in [2.05, 4.69) is 4.99 Å². The Balaban J connectivity index is 2.18. The Hall–Kier alpha value is -1.57. The minimum absolute atomic E-state index is 0.157. The molecule has 0 aliphatic carbocycles. The highest BCUT2D eigenvalue weighted by molar-refractivity contribution is 7.16. The second-order valence-electron chi connectivity index (χ2n) is 5.55. The molecule has 3 rings (SSSR count). The molecule has 0 aliphatic rings. The summed E-state index contributed by atoms with van der Waals surface area (Å²) < 4.78 is 7.22. The van der Waals surface area contributed by atoms with Crippen LogP contribution in [0.25, 0.3) is 10.2 Å². The van der Waals surface area contributed by atoms with Gasteiger partial charge in [0.2, 0.25) is 0 Å². The lowest BCUT2D eigenvalue weighted by molar-refractivity contribution is -0.143. The van der Waals surface area contributed by atoms with Gasteiger partial charge in [-0.15, -0.1) is 0 Å². The fourth-order valence-corrected chi connectivity index (χ4v) is 4.81.